The minimum absolute atomic E-state index is 0.196. The van der Waals surface area contributed by atoms with Crippen LogP contribution in [0.3, 0.4) is 0 Å². The number of hydrogen-bond acceptors (Lipinski definition) is 7. The highest BCUT2D eigenvalue weighted by molar-refractivity contribution is 9.11. The molecule has 194 valence electrons. The second-order valence-corrected chi connectivity index (χ2v) is 9.91. The van der Waals surface area contributed by atoms with Gasteiger partial charge in [-0.25, -0.2) is 5.43 Å². The second-order valence-electron chi connectivity index (χ2n) is 8.20. The molecule has 0 aromatic heterocycles. The molecule has 0 saturated carbocycles. The third kappa shape index (κ3) is 8.29. The Bertz CT molecular complexity index is 1120. The Morgan fingerprint density at radius 2 is 1.78 bits per heavy atom. The molecule has 1 saturated heterocycles. The fraction of sp³-hybridized carbons (Fsp3) is 0.400. The number of hydrazone groups is 1. The Morgan fingerprint density at radius 1 is 1.06 bits per heavy atom. The summed E-state index contributed by atoms with van der Waals surface area (Å²) in [4.78, 5) is 26.7. The molecule has 1 aliphatic heterocycles. The third-order valence-corrected chi connectivity index (χ3v) is 6.66. The highest BCUT2D eigenvalue weighted by Crippen LogP contribution is 2.36. The number of morpholine rings is 1. The van der Waals surface area contributed by atoms with Crippen LogP contribution in [-0.4, -0.2) is 69.0 Å². The molecule has 2 amide bonds. The van der Waals surface area contributed by atoms with E-state index in [1.54, 1.807) is 12.1 Å². The van der Waals surface area contributed by atoms with Crippen molar-refractivity contribution in [1.29, 1.82) is 0 Å². The number of rotatable bonds is 10. The summed E-state index contributed by atoms with van der Waals surface area (Å²) in [6.45, 7) is 9.02. The van der Waals surface area contributed by atoms with Crippen molar-refractivity contribution < 1.29 is 23.8 Å². The van der Waals surface area contributed by atoms with E-state index in [1.807, 2.05) is 37.8 Å². The molecule has 11 heteroatoms. The molecule has 1 aliphatic rings. The average Bonchev–Trinajstić information content (AvgIpc) is 2.83. The number of amides is 2. The van der Waals surface area contributed by atoms with Crippen LogP contribution in [0.5, 0.6) is 11.5 Å². The molecule has 1 fully saturated rings. The van der Waals surface area contributed by atoms with E-state index in [0.29, 0.717) is 47.0 Å². The van der Waals surface area contributed by atoms with E-state index >= 15 is 0 Å². The van der Waals surface area contributed by atoms with Gasteiger partial charge in [-0.15, -0.1) is 0 Å². The van der Waals surface area contributed by atoms with E-state index in [0.717, 1.165) is 28.7 Å². The molecule has 0 atom stereocenters. The fourth-order valence-electron chi connectivity index (χ4n) is 3.44. The van der Waals surface area contributed by atoms with Crippen molar-refractivity contribution in [1.82, 2.24) is 10.3 Å². The van der Waals surface area contributed by atoms with Gasteiger partial charge in [0.25, 0.3) is 11.8 Å². The van der Waals surface area contributed by atoms with Gasteiger partial charge < -0.3 is 19.5 Å². The predicted molar refractivity (Wildman–Crippen MR) is 146 cm³/mol. The second kappa shape index (κ2) is 13.7. The van der Waals surface area contributed by atoms with Crippen LogP contribution in [0.2, 0.25) is 0 Å². The maximum Gasteiger partial charge on any atom is 0.262 e. The lowest BCUT2D eigenvalue weighted by Crippen LogP contribution is -2.42. The molecule has 9 nitrogen and oxygen atoms in total. The van der Waals surface area contributed by atoms with Gasteiger partial charge in [-0.1, -0.05) is 0 Å². The van der Waals surface area contributed by atoms with Crippen molar-refractivity contribution in [2.45, 2.75) is 20.8 Å². The Kier molecular flexibility index (Phi) is 10.7. The van der Waals surface area contributed by atoms with E-state index in [-0.39, 0.29) is 25.0 Å². The Labute approximate surface area is 227 Å². The van der Waals surface area contributed by atoms with Crippen LogP contribution in [-0.2, 0) is 14.3 Å². The maximum absolute atomic E-state index is 12.5. The van der Waals surface area contributed by atoms with Gasteiger partial charge >= 0.3 is 0 Å². The van der Waals surface area contributed by atoms with E-state index in [1.165, 1.54) is 6.21 Å². The van der Waals surface area contributed by atoms with Gasteiger partial charge in [0.05, 0.1) is 42.7 Å². The van der Waals surface area contributed by atoms with E-state index < -0.39 is 0 Å². The summed E-state index contributed by atoms with van der Waals surface area (Å²) in [6.07, 6.45) is 1.53. The standard InChI is InChI=1S/C25H30Br2N4O5/c1-4-35-22-12-18(13-28-30-23(32)14-31-5-7-34-8-6-31)11-20(27)25(22)36-15-24(33)29-21-10-17(3)16(2)9-19(21)26/h9-13H,4-8,14-15H2,1-3H3,(H,29,33)(H,30,32)/b28-13+. The highest BCUT2D eigenvalue weighted by Gasteiger charge is 2.16. The van der Waals surface area contributed by atoms with Gasteiger partial charge in [-0.2, -0.15) is 5.10 Å². The smallest absolute Gasteiger partial charge is 0.262 e. The van der Waals surface area contributed by atoms with Crippen LogP contribution in [0.1, 0.15) is 23.6 Å². The minimum atomic E-state index is -0.304. The quantitative estimate of drug-likeness (QED) is 0.305. The largest absolute Gasteiger partial charge is 0.490 e. The van der Waals surface area contributed by atoms with Crippen molar-refractivity contribution >= 4 is 55.6 Å². The lowest BCUT2D eigenvalue weighted by Gasteiger charge is -2.25. The SMILES string of the molecule is CCOc1cc(/C=N/NC(=O)CN2CCOCC2)cc(Br)c1OCC(=O)Nc1cc(C)c(C)cc1Br. The number of hydrogen-bond donors (Lipinski definition) is 2. The number of benzene rings is 2. The molecule has 2 aromatic carbocycles. The van der Waals surface area contributed by atoms with Crippen molar-refractivity contribution in [3.8, 4) is 11.5 Å². The predicted octanol–water partition coefficient (Wildman–Crippen LogP) is 4.03. The Hall–Kier alpha value is -2.47. The molecular formula is C25H30Br2N4O5. The van der Waals surface area contributed by atoms with E-state index in [2.05, 4.69) is 47.7 Å². The molecule has 0 radical (unpaired) electrons. The summed E-state index contributed by atoms with van der Waals surface area (Å²) < 4.78 is 18.2. The Balaban J connectivity index is 1.61. The molecule has 2 N–H and O–H groups in total. The normalized spacial score (nSPS) is 14.0. The lowest BCUT2D eigenvalue weighted by molar-refractivity contribution is -0.123. The van der Waals surface area contributed by atoms with Crippen LogP contribution in [0.4, 0.5) is 5.69 Å². The van der Waals surface area contributed by atoms with Gasteiger partial charge in [-0.05, 0) is 93.6 Å². The van der Waals surface area contributed by atoms with E-state index in [9.17, 15) is 9.59 Å². The van der Waals surface area contributed by atoms with Crippen LogP contribution >= 0.6 is 31.9 Å². The zero-order valence-electron chi connectivity index (χ0n) is 20.5. The number of carbonyl (C=O) groups excluding carboxylic acids is 2. The van der Waals surface area contributed by atoms with Crippen LogP contribution in [0.15, 0.2) is 38.3 Å². The molecule has 36 heavy (non-hydrogen) atoms. The first-order valence-electron chi connectivity index (χ1n) is 11.5. The maximum atomic E-state index is 12.5. The van der Waals surface area contributed by atoms with Gasteiger partial charge in [-0.3, -0.25) is 14.5 Å². The third-order valence-electron chi connectivity index (χ3n) is 5.41. The highest BCUT2D eigenvalue weighted by atomic mass is 79.9. The molecule has 0 aliphatic carbocycles. The van der Waals surface area contributed by atoms with E-state index in [4.69, 9.17) is 14.2 Å². The van der Waals surface area contributed by atoms with Gasteiger partial charge in [0.2, 0.25) is 0 Å². The lowest BCUT2D eigenvalue weighted by atomic mass is 10.1. The summed E-state index contributed by atoms with van der Waals surface area (Å²) in [5.41, 5.74) is 6.11. The molecule has 0 bridgehead atoms. The average molecular weight is 626 g/mol. The zero-order chi connectivity index (χ0) is 26.1. The topological polar surface area (TPSA) is 101 Å². The summed E-state index contributed by atoms with van der Waals surface area (Å²) in [5.74, 6) is 0.355. The van der Waals surface area contributed by atoms with Crippen LogP contribution in [0, 0.1) is 13.8 Å². The van der Waals surface area contributed by atoms with Gasteiger partial charge in [0.15, 0.2) is 18.1 Å². The molecule has 3 rings (SSSR count). The van der Waals surface area contributed by atoms with Crippen LogP contribution in [0.25, 0.3) is 0 Å². The molecule has 0 spiro atoms. The number of aryl methyl sites for hydroxylation is 2. The number of halogens is 2. The van der Waals surface area contributed by atoms with Crippen molar-refractivity contribution in [3.05, 3.63) is 49.9 Å². The fourth-order valence-corrected chi connectivity index (χ4v) is 4.57. The minimum Gasteiger partial charge on any atom is -0.490 e. The van der Waals surface area contributed by atoms with Crippen molar-refractivity contribution in [2.24, 2.45) is 5.10 Å². The summed E-state index contributed by atoms with van der Waals surface area (Å²) in [5, 5.41) is 6.91. The number of carbonyl (C=O) groups is 2. The van der Waals surface area contributed by atoms with Gasteiger partial charge in [0.1, 0.15) is 0 Å². The molecule has 2 aromatic rings. The zero-order valence-corrected chi connectivity index (χ0v) is 23.7. The van der Waals surface area contributed by atoms with Crippen molar-refractivity contribution in [2.75, 3.05) is 51.4 Å². The first-order valence-corrected chi connectivity index (χ1v) is 13.1. The number of nitrogens with zero attached hydrogens (tertiary/aromatic N) is 2. The van der Waals surface area contributed by atoms with Crippen molar-refractivity contribution in [3.63, 3.8) is 0 Å². The summed E-state index contributed by atoms with van der Waals surface area (Å²) >= 11 is 6.97. The molecule has 0 unspecified atom stereocenters. The summed E-state index contributed by atoms with van der Waals surface area (Å²) in [6, 6.07) is 7.37. The van der Waals surface area contributed by atoms with Crippen LogP contribution < -0.4 is 20.2 Å². The first-order chi connectivity index (χ1) is 17.3. The molecule has 1 heterocycles. The monoisotopic (exact) mass is 624 g/mol. The summed E-state index contributed by atoms with van der Waals surface area (Å²) in [7, 11) is 0. The number of nitrogens with one attached hydrogen (secondary N) is 2. The number of ether oxygens (including phenoxy) is 3. The Morgan fingerprint density at radius 3 is 2.50 bits per heavy atom. The first kappa shape index (κ1) is 28.1. The number of anilines is 1. The van der Waals surface area contributed by atoms with Gasteiger partial charge in [0, 0.05) is 17.6 Å². The molecular weight excluding hydrogens is 596 g/mol.